The summed E-state index contributed by atoms with van der Waals surface area (Å²) in [7, 11) is 1.40. The molecule has 2 aromatic rings. The van der Waals surface area contributed by atoms with Crippen LogP contribution in [-0.4, -0.2) is 37.2 Å². The lowest BCUT2D eigenvalue weighted by Crippen LogP contribution is -2.39. The number of anilines is 1. The van der Waals surface area contributed by atoms with Crippen LogP contribution < -0.4 is 10.2 Å². The number of nitrogens with zero attached hydrogens (tertiary/aromatic N) is 2. The van der Waals surface area contributed by atoms with Gasteiger partial charge in [-0.3, -0.25) is 10.3 Å². The van der Waals surface area contributed by atoms with E-state index in [9.17, 15) is 4.79 Å². The van der Waals surface area contributed by atoms with Crippen LogP contribution in [0.25, 0.3) is 0 Å². The molecule has 1 N–H and O–H groups in total. The SMILES string of the molecule is COC(=O)C(NC1CCN(c2ccc(Cl)cc2)C1)c1cccnc1. The average Bonchev–Trinajstić information content (AvgIpc) is 3.09. The molecule has 126 valence electrons. The van der Waals surface area contributed by atoms with E-state index in [-0.39, 0.29) is 12.0 Å². The molecule has 5 nitrogen and oxygen atoms in total. The minimum absolute atomic E-state index is 0.199. The lowest BCUT2D eigenvalue weighted by atomic mass is 10.1. The van der Waals surface area contributed by atoms with E-state index in [4.69, 9.17) is 16.3 Å². The van der Waals surface area contributed by atoms with E-state index in [2.05, 4.69) is 15.2 Å². The first kappa shape index (κ1) is 16.7. The van der Waals surface area contributed by atoms with Crippen molar-refractivity contribution in [1.82, 2.24) is 10.3 Å². The zero-order valence-electron chi connectivity index (χ0n) is 13.5. The second-order valence-corrected chi connectivity index (χ2v) is 6.25. The third-order valence-electron chi connectivity index (χ3n) is 4.24. The van der Waals surface area contributed by atoms with E-state index in [1.165, 1.54) is 7.11 Å². The Kier molecular flexibility index (Phi) is 5.33. The van der Waals surface area contributed by atoms with Gasteiger partial charge < -0.3 is 9.64 Å². The van der Waals surface area contributed by atoms with Gasteiger partial charge in [0.1, 0.15) is 6.04 Å². The van der Waals surface area contributed by atoms with E-state index in [1.54, 1.807) is 12.4 Å². The van der Waals surface area contributed by atoms with Crippen LogP contribution in [0, 0.1) is 0 Å². The Morgan fingerprint density at radius 1 is 1.38 bits per heavy atom. The van der Waals surface area contributed by atoms with Crippen molar-refractivity contribution in [3.8, 4) is 0 Å². The molecule has 0 saturated carbocycles. The van der Waals surface area contributed by atoms with Crippen molar-refractivity contribution in [3.63, 3.8) is 0 Å². The smallest absolute Gasteiger partial charge is 0.327 e. The number of halogens is 1. The zero-order chi connectivity index (χ0) is 16.9. The van der Waals surface area contributed by atoms with Crippen LogP contribution in [-0.2, 0) is 9.53 Å². The molecular formula is C18H20ClN3O2. The van der Waals surface area contributed by atoms with Crippen LogP contribution in [0.2, 0.25) is 5.02 Å². The number of esters is 1. The zero-order valence-corrected chi connectivity index (χ0v) is 14.2. The minimum atomic E-state index is -0.501. The molecule has 1 aromatic heterocycles. The molecule has 1 aliphatic heterocycles. The summed E-state index contributed by atoms with van der Waals surface area (Å²) in [5.41, 5.74) is 1.95. The normalized spacial score (nSPS) is 18.4. The number of rotatable bonds is 5. The van der Waals surface area contributed by atoms with Gasteiger partial charge in [0.15, 0.2) is 0 Å². The molecular weight excluding hydrogens is 326 g/mol. The molecule has 1 fully saturated rings. The van der Waals surface area contributed by atoms with Gasteiger partial charge in [-0.25, -0.2) is 4.79 Å². The Bertz CT molecular complexity index is 678. The summed E-state index contributed by atoms with van der Waals surface area (Å²) in [6.07, 6.45) is 4.34. The fourth-order valence-corrected chi connectivity index (χ4v) is 3.11. The van der Waals surface area contributed by atoms with E-state index in [0.717, 1.165) is 35.8 Å². The Morgan fingerprint density at radius 2 is 2.17 bits per heavy atom. The first-order chi connectivity index (χ1) is 11.7. The molecule has 3 rings (SSSR count). The number of carbonyl (C=O) groups is 1. The van der Waals surface area contributed by atoms with Crippen LogP contribution >= 0.6 is 11.6 Å². The Morgan fingerprint density at radius 3 is 2.83 bits per heavy atom. The molecule has 1 saturated heterocycles. The van der Waals surface area contributed by atoms with Crippen LogP contribution in [0.1, 0.15) is 18.0 Å². The number of nitrogens with one attached hydrogen (secondary N) is 1. The number of pyridine rings is 1. The van der Waals surface area contributed by atoms with Crippen molar-refractivity contribution < 1.29 is 9.53 Å². The van der Waals surface area contributed by atoms with Gasteiger partial charge in [0.2, 0.25) is 0 Å². The van der Waals surface area contributed by atoms with Crippen molar-refractivity contribution in [2.75, 3.05) is 25.1 Å². The molecule has 2 unspecified atom stereocenters. The highest BCUT2D eigenvalue weighted by Crippen LogP contribution is 2.24. The monoisotopic (exact) mass is 345 g/mol. The Balaban J connectivity index is 1.68. The van der Waals surface area contributed by atoms with E-state index in [1.807, 2.05) is 36.4 Å². The molecule has 2 heterocycles. The van der Waals surface area contributed by atoms with Crippen molar-refractivity contribution in [3.05, 3.63) is 59.4 Å². The molecule has 24 heavy (non-hydrogen) atoms. The fraction of sp³-hybridized carbons (Fsp3) is 0.333. The summed E-state index contributed by atoms with van der Waals surface area (Å²) >= 11 is 5.95. The number of hydrogen-bond donors (Lipinski definition) is 1. The molecule has 0 aliphatic carbocycles. The lowest BCUT2D eigenvalue weighted by Gasteiger charge is -2.22. The number of aromatic nitrogens is 1. The van der Waals surface area contributed by atoms with E-state index < -0.39 is 6.04 Å². The predicted molar refractivity (Wildman–Crippen MR) is 94.2 cm³/mol. The summed E-state index contributed by atoms with van der Waals surface area (Å²) in [4.78, 5) is 18.5. The predicted octanol–water partition coefficient (Wildman–Crippen LogP) is 2.82. The van der Waals surface area contributed by atoms with Gasteiger partial charge in [-0.1, -0.05) is 17.7 Å². The van der Waals surface area contributed by atoms with Gasteiger partial charge in [-0.15, -0.1) is 0 Å². The standard InChI is InChI=1S/C18H20ClN3O2/c1-24-18(23)17(13-3-2-9-20-11-13)21-15-8-10-22(12-15)16-6-4-14(19)5-7-16/h2-7,9,11,15,17,21H,8,10,12H2,1H3. The van der Waals surface area contributed by atoms with Crippen LogP contribution in [0.3, 0.4) is 0 Å². The topological polar surface area (TPSA) is 54.5 Å². The van der Waals surface area contributed by atoms with Crippen LogP contribution in [0.5, 0.6) is 0 Å². The van der Waals surface area contributed by atoms with E-state index in [0.29, 0.717) is 0 Å². The van der Waals surface area contributed by atoms with Gasteiger partial charge in [-0.05, 0) is 42.3 Å². The second-order valence-electron chi connectivity index (χ2n) is 5.82. The maximum Gasteiger partial charge on any atom is 0.327 e. The summed E-state index contributed by atoms with van der Waals surface area (Å²) in [5, 5.41) is 4.14. The van der Waals surface area contributed by atoms with Gasteiger partial charge >= 0.3 is 5.97 Å². The molecule has 2 atom stereocenters. The van der Waals surface area contributed by atoms with Gasteiger partial charge in [0.05, 0.1) is 7.11 Å². The number of ether oxygens (including phenoxy) is 1. The first-order valence-corrected chi connectivity index (χ1v) is 8.29. The molecule has 0 radical (unpaired) electrons. The molecule has 0 amide bonds. The second kappa shape index (κ2) is 7.64. The molecule has 1 aromatic carbocycles. The van der Waals surface area contributed by atoms with Crippen molar-refractivity contribution in [2.24, 2.45) is 0 Å². The summed E-state index contributed by atoms with van der Waals surface area (Å²) < 4.78 is 4.94. The highest BCUT2D eigenvalue weighted by molar-refractivity contribution is 6.30. The number of methoxy groups -OCH3 is 1. The van der Waals surface area contributed by atoms with E-state index >= 15 is 0 Å². The maximum absolute atomic E-state index is 12.1. The van der Waals surface area contributed by atoms with Crippen molar-refractivity contribution in [2.45, 2.75) is 18.5 Å². The quantitative estimate of drug-likeness (QED) is 0.844. The van der Waals surface area contributed by atoms with Crippen LogP contribution in [0.4, 0.5) is 5.69 Å². The third kappa shape index (κ3) is 3.86. The van der Waals surface area contributed by atoms with Crippen LogP contribution in [0.15, 0.2) is 48.8 Å². The maximum atomic E-state index is 12.1. The molecule has 0 bridgehead atoms. The minimum Gasteiger partial charge on any atom is -0.468 e. The van der Waals surface area contributed by atoms with Crippen molar-refractivity contribution in [1.29, 1.82) is 0 Å². The lowest BCUT2D eigenvalue weighted by molar-refractivity contribution is -0.143. The summed E-state index contributed by atoms with van der Waals surface area (Å²) in [5.74, 6) is -0.298. The largest absolute Gasteiger partial charge is 0.468 e. The summed E-state index contributed by atoms with van der Waals surface area (Å²) in [6, 6.07) is 11.2. The molecule has 6 heteroatoms. The van der Waals surface area contributed by atoms with Gasteiger partial charge in [0.25, 0.3) is 0 Å². The number of benzene rings is 1. The highest BCUT2D eigenvalue weighted by atomic mass is 35.5. The van der Waals surface area contributed by atoms with Gasteiger partial charge in [-0.2, -0.15) is 0 Å². The highest BCUT2D eigenvalue weighted by Gasteiger charge is 2.29. The van der Waals surface area contributed by atoms with Gasteiger partial charge in [0, 0.05) is 42.2 Å². The molecule has 1 aliphatic rings. The number of carbonyl (C=O) groups excluding carboxylic acids is 1. The summed E-state index contributed by atoms with van der Waals surface area (Å²) in [6.45, 7) is 1.76. The third-order valence-corrected chi connectivity index (χ3v) is 4.49. The molecule has 0 spiro atoms. The number of hydrogen-bond acceptors (Lipinski definition) is 5. The Hall–Kier alpha value is -2.11. The Labute approximate surface area is 146 Å². The fourth-order valence-electron chi connectivity index (χ4n) is 2.98. The average molecular weight is 346 g/mol. The first-order valence-electron chi connectivity index (χ1n) is 7.91. The van der Waals surface area contributed by atoms with Crippen molar-refractivity contribution >= 4 is 23.3 Å².